The minimum absolute atomic E-state index is 0.0359. The van der Waals surface area contributed by atoms with Crippen molar-refractivity contribution in [3.8, 4) is 5.75 Å². The Balaban J connectivity index is 1.95. The van der Waals surface area contributed by atoms with Gasteiger partial charge in [0, 0.05) is 17.9 Å². The maximum atomic E-state index is 13.0. The first-order valence-electron chi connectivity index (χ1n) is 11.6. The van der Waals surface area contributed by atoms with Gasteiger partial charge in [0.25, 0.3) is 5.91 Å². The number of carbonyl (C=O) groups is 5. The highest BCUT2D eigenvalue weighted by atomic mass is 16.5. The lowest BCUT2D eigenvalue weighted by Gasteiger charge is -2.24. The molecule has 34 heavy (non-hydrogen) atoms. The molecule has 0 saturated heterocycles. The minimum Gasteiger partial charge on any atom is -0.497 e. The average molecular weight is 475 g/mol. The number of carbonyl (C=O) groups excluding carboxylic acids is 4. The fourth-order valence-electron chi connectivity index (χ4n) is 4.41. The minimum atomic E-state index is -1.16. The second kappa shape index (κ2) is 12.9. The fourth-order valence-corrected chi connectivity index (χ4v) is 4.41. The van der Waals surface area contributed by atoms with Crippen molar-refractivity contribution < 1.29 is 33.8 Å². The summed E-state index contributed by atoms with van der Waals surface area (Å²) < 4.78 is 5.10. The Labute approximate surface area is 199 Å². The van der Waals surface area contributed by atoms with Crippen LogP contribution in [0.2, 0.25) is 0 Å². The van der Waals surface area contributed by atoms with Crippen molar-refractivity contribution >= 4 is 29.9 Å². The van der Waals surface area contributed by atoms with Crippen molar-refractivity contribution in [3.63, 3.8) is 0 Å². The smallest absolute Gasteiger partial charge is 0.305 e. The molecule has 9 nitrogen and oxygen atoms in total. The summed E-state index contributed by atoms with van der Waals surface area (Å²) in [6, 6.07) is 4.91. The molecule has 0 bridgehead atoms. The van der Waals surface area contributed by atoms with Crippen LogP contribution in [0.5, 0.6) is 5.75 Å². The van der Waals surface area contributed by atoms with E-state index in [0.717, 1.165) is 12.8 Å². The third-order valence-corrected chi connectivity index (χ3v) is 6.30. The first-order chi connectivity index (χ1) is 16.2. The van der Waals surface area contributed by atoms with Gasteiger partial charge >= 0.3 is 5.97 Å². The Bertz CT molecular complexity index is 882. The summed E-state index contributed by atoms with van der Waals surface area (Å²) in [6.07, 6.45) is 2.90. The molecule has 3 unspecified atom stereocenters. The molecule has 0 radical (unpaired) electrons. The van der Waals surface area contributed by atoms with Crippen LogP contribution in [0.15, 0.2) is 24.3 Å². The molecular weight excluding hydrogens is 440 g/mol. The van der Waals surface area contributed by atoms with E-state index in [4.69, 9.17) is 9.84 Å². The number of nitrogens with one attached hydrogen (secondary N) is 2. The van der Waals surface area contributed by atoms with Gasteiger partial charge in [-0.1, -0.05) is 20.3 Å². The van der Waals surface area contributed by atoms with Crippen molar-refractivity contribution in [3.05, 3.63) is 29.8 Å². The second-order valence-corrected chi connectivity index (χ2v) is 9.08. The lowest BCUT2D eigenvalue weighted by Crippen LogP contribution is -2.45. The number of hydrogen-bond donors (Lipinski definition) is 3. The topological polar surface area (TPSA) is 139 Å². The van der Waals surface area contributed by atoms with E-state index in [1.807, 2.05) is 13.8 Å². The number of methoxy groups -OCH3 is 1. The summed E-state index contributed by atoms with van der Waals surface area (Å²) in [4.78, 5) is 60.2. The first-order valence-corrected chi connectivity index (χ1v) is 11.6. The Kier molecular flexibility index (Phi) is 10.2. The number of benzene rings is 1. The largest absolute Gasteiger partial charge is 0.497 e. The van der Waals surface area contributed by atoms with Gasteiger partial charge in [-0.2, -0.15) is 0 Å². The van der Waals surface area contributed by atoms with E-state index in [1.54, 1.807) is 24.3 Å². The van der Waals surface area contributed by atoms with Gasteiger partial charge in [0.1, 0.15) is 12.0 Å². The van der Waals surface area contributed by atoms with Crippen molar-refractivity contribution in [2.75, 3.05) is 7.11 Å². The normalized spacial score (nSPS) is 19.2. The molecule has 0 heterocycles. The summed E-state index contributed by atoms with van der Waals surface area (Å²) in [5.74, 6) is -1.83. The number of Topliss-reactive ketones (excluding diaryl/α,β-unsaturated/α-hetero) is 1. The molecule has 186 valence electrons. The summed E-state index contributed by atoms with van der Waals surface area (Å²) in [7, 11) is 1.54. The number of hydrogen-bond acceptors (Lipinski definition) is 6. The average Bonchev–Trinajstić information content (AvgIpc) is 3.28. The molecule has 1 saturated carbocycles. The van der Waals surface area contributed by atoms with Gasteiger partial charge in [-0.05, 0) is 55.4 Å². The molecule has 9 heteroatoms. The monoisotopic (exact) mass is 474 g/mol. The van der Waals surface area contributed by atoms with E-state index in [0.29, 0.717) is 30.4 Å². The third-order valence-electron chi connectivity index (χ3n) is 6.30. The number of aldehydes is 1. The van der Waals surface area contributed by atoms with Crippen molar-refractivity contribution in [1.82, 2.24) is 10.6 Å². The van der Waals surface area contributed by atoms with Gasteiger partial charge in [-0.25, -0.2) is 0 Å². The third kappa shape index (κ3) is 7.67. The highest BCUT2D eigenvalue weighted by Crippen LogP contribution is 2.35. The van der Waals surface area contributed by atoms with Crippen LogP contribution >= 0.6 is 0 Å². The van der Waals surface area contributed by atoms with E-state index >= 15 is 0 Å². The summed E-state index contributed by atoms with van der Waals surface area (Å²) in [6.45, 7) is 3.73. The summed E-state index contributed by atoms with van der Waals surface area (Å²) >= 11 is 0. The van der Waals surface area contributed by atoms with Crippen LogP contribution in [0.25, 0.3) is 0 Å². The van der Waals surface area contributed by atoms with Gasteiger partial charge in [0.2, 0.25) is 5.91 Å². The Morgan fingerprint density at radius 1 is 1.12 bits per heavy atom. The first kappa shape index (κ1) is 27.0. The molecule has 3 N–H and O–H groups in total. The Morgan fingerprint density at radius 2 is 1.79 bits per heavy atom. The molecule has 2 amide bonds. The number of rotatable bonds is 13. The molecule has 0 spiro atoms. The molecule has 0 aliphatic heterocycles. The van der Waals surface area contributed by atoms with E-state index in [1.165, 1.54) is 7.11 Å². The van der Waals surface area contributed by atoms with Crippen LogP contribution in [-0.4, -0.2) is 54.2 Å². The van der Waals surface area contributed by atoms with Gasteiger partial charge in [0.05, 0.1) is 25.6 Å². The zero-order chi connectivity index (χ0) is 25.3. The standard InChI is InChI=1S/C25H34N2O7/c1-15(2)23(27-24(32)17-7-10-19(34-3)11-8-17)21(29)12-9-16-5-4-6-20(16)25(33)26-18(14-28)13-22(30)31/h7-8,10-11,14-16,18,20,23H,4-6,9,12-13H2,1-3H3,(H,26,33)(H,27,32)(H,30,31)/t16?,18?,20-,23?/m1/s1. The van der Waals surface area contributed by atoms with Crippen LogP contribution in [0.1, 0.15) is 62.7 Å². The zero-order valence-corrected chi connectivity index (χ0v) is 19.9. The molecule has 1 aromatic carbocycles. The second-order valence-electron chi connectivity index (χ2n) is 9.08. The van der Waals surface area contributed by atoms with Gasteiger partial charge in [-0.3, -0.25) is 19.2 Å². The summed E-state index contributed by atoms with van der Waals surface area (Å²) in [5, 5.41) is 14.2. The van der Waals surface area contributed by atoms with Gasteiger partial charge in [-0.15, -0.1) is 0 Å². The fraction of sp³-hybridized carbons (Fsp3) is 0.560. The summed E-state index contributed by atoms with van der Waals surface area (Å²) in [5.41, 5.74) is 0.429. The van der Waals surface area contributed by atoms with Crippen LogP contribution < -0.4 is 15.4 Å². The van der Waals surface area contributed by atoms with Crippen LogP contribution in [0.4, 0.5) is 0 Å². The SMILES string of the molecule is COc1ccc(C(=O)NC(C(=O)CCC2CCC[C@H]2C(=O)NC(C=O)CC(=O)O)C(C)C)cc1. The molecular formula is C25H34N2O7. The lowest BCUT2D eigenvalue weighted by atomic mass is 9.87. The number of ether oxygens (including phenoxy) is 1. The zero-order valence-electron chi connectivity index (χ0n) is 19.9. The quantitative estimate of drug-likeness (QED) is 0.373. The molecule has 2 rings (SSSR count). The maximum Gasteiger partial charge on any atom is 0.305 e. The Hall–Kier alpha value is -3.23. The van der Waals surface area contributed by atoms with Gasteiger partial charge in [0.15, 0.2) is 5.78 Å². The highest BCUT2D eigenvalue weighted by Gasteiger charge is 2.35. The van der Waals surface area contributed by atoms with Crippen LogP contribution in [0.3, 0.4) is 0 Å². The van der Waals surface area contributed by atoms with Crippen LogP contribution in [0, 0.1) is 17.8 Å². The van der Waals surface area contributed by atoms with Crippen molar-refractivity contribution in [1.29, 1.82) is 0 Å². The van der Waals surface area contributed by atoms with Crippen molar-refractivity contribution in [2.45, 2.75) is 64.5 Å². The molecule has 1 fully saturated rings. The predicted molar refractivity (Wildman–Crippen MR) is 124 cm³/mol. The highest BCUT2D eigenvalue weighted by molar-refractivity contribution is 5.98. The number of amides is 2. The van der Waals surface area contributed by atoms with Crippen LogP contribution in [-0.2, 0) is 19.2 Å². The van der Waals surface area contributed by atoms with E-state index in [2.05, 4.69) is 10.6 Å². The molecule has 1 aromatic rings. The lowest BCUT2D eigenvalue weighted by molar-refractivity contribution is -0.139. The Morgan fingerprint density at radius 3 is 2.35 bits per heavy atom. The molecule has 4 atom stereocenters. The van der Waals surface area contributed by atoms with E-state index < -0.39 is 24.5 Å². The molecule has 1 aliphatic rings. The maximum absolute atomic E-state index is 13.0. The number of aliphatic carboxylic acids is 1. The molecule has 0 aromatic heterocycles. The van der Waals surface area contributed by atoms with E-state index in [9.17, 15) is 24.0 Å². The number of carboxylic acid groups (broad SMARTS) is 1. The predicted octanol–water partition coefficient (Wildman–Crippen LogP) is 2.37. The van der Waals surface area contributed by atoms with Crippen molar-refractivity contribution in [2.24, 2.45) is 17.8 Å². The van der Waals surface area contributed by atoms with Gasteiger partial charge < -0.3 is 25.3 Å². The number of carboxylic acids is 1. The number of ketones is 1. The van der Waals surface area contributed by atoms with E-state index in [-0.39, 0.29) is 41.8 Å². The molecule has 1 aliphatic carbocycles.